The van der Waals surface area contributed by atoms with Crippen molar-refractivity contribution in [1.82, 2.24) is 20.2 Å². The quantitative estimate of drug-likeness (QED) is 0.889. The highest BCUT2D eigenvalue weighted by Gasteiger charge is 2.32. The van der Waals surface area contributed by atoms with Gasteiger partial charge >= 0.3 is 6.18 Å². The first-order chi connectivity index (χ1) is 9.87. The minimum absolute atomic E-state index is 0.187. The van der Waals surface area contributed by atoms with Crippen LogP contribution in [-0.2, 0) is 4.79 Å². The van der Waals surface area contributed by atoms with Crippen LogP contribution in [0.5, 0.6) is 0 Å². The van der Waals surface area contributed by atoms with Crippen LogP contribution in [0, 0.1) is 0 Å². The third-order valence-electron chi connectivity index (χ3n) is 3.75. The fourth-order valence-corrected chi connectivity index (χ4v) is 2.58. The van der Waals surface area contributed by atoms with Gasteiger partial charge < -0.3 is 10.3 Å². The molecule has 5 nitrogen and oxygen atoms in total. The van der Waals surface area contributed by atoms with E-state index in [4.69, 9.17) is 0 Å². The summed E-state index contributed by atoms with van der Waals surface area (Å²) in [5.74, 6) is 0.460. The zero-order valence-corrected chi connectivity index (χ0v) is 11.8. The highest BCUT2D eigenvalue weighted by molar-refractivity contribution is 5.81. The summed E-state index contributed by atoms with van der Waals surface area (Å²) in [7, 11) is 0. The molecule has 0 bridgehead atoms. The number of hydrogen-bond acceptors (Lipinski definition) is 3. The van der Waals surface area contributed by atoms with Crippen LogP contribution < -0.4 is 5.32 Å². The minimum Gasteiger partial charge on any atom is -0.348 e. The summed E-state index contributed by atoms with van der Waals surface area (Å²) >= 11 is 0. The van der Waals surface area contributed by atoms with Gasteiger partial charge in [-0.15, -0.1) is 0 Å². The third kappa shape index (κ3) is 4.45. The Balaban J connectivity index is 1.89. The van der Waals surface area contributed by atoms with Gasteiger partial charge in [-0.3, -0.25) is 9.69 Å². The van der Waals surface area contributed by atoms with Gasteiger partial charge in [0.05, 0.1) is 6.04 Å². The van der Waals surface area contributed by atoms with E-state index in [1.807, 2.05) is 10.2 Å². The van der Waals surface area contributed by atoms with Crippen LogP contribution in [0.4, 0.5) is 13.2 Å². The van der Waals surface area contributed by atoms with Crippen molar-refractivity contribution in [2.45, 2.75) is 37.9 Å². The van der Waals surface area contributed by atoms with Crippen molar-refractivity contribution >= 4 is 5.91 Å². The molecular weight excluding hydrogens is 285 g/mol. The molecule has 0 unspecified atom stereocenters. The molecule has 0 spiro atoms. The molecule has 1 fully saturated rings. The van der Waals surface area contributed by atoms with Crippen molar-refractivity contribution < 1.29 is 18.0 Å². The standard InChI is InChI=1S/C13H19F3N4O/c1-9(12(21)19-8-13(14,15)16)20-6-2-3-10(7-20)11-17-4-5-18-11/h4-5,9-10H,2-3,6-8H2,1H3,(H,17,18)(H,19,21)/t9-,10-/m1/s1. The molecule has 2 heterocycles. The first-order valence-electron chi connectivity index (χ1n) is 6.94. The molecule has 1 saturated heterocycles. The average molecular weight is 304 g/mol. The van der Waals surface area contributed by atoms with E-state index in [1.54, 1.807) is 19.3 Å². The first kappa shape index (κ1) is 15.8. The lowest BCUT2D eigenvalue weighted by molar-refractivity contribution is -0.141. The van der Waals surface area contributed by atoms with Crippen molar-refractivity contribution in [3.8, 4) is 0 Å². The molecule has 0 aliphatic carbocycles. The minimum atomic E-state index is -4.38. The SMILES string of the molecule is C[C@H](C(=O)NCC(F)(F)F)N1CCC[C@@H](c2ncc[nH]2)C1. The van der Waals surface area contributed by atoms with Crippen LogP contribution in [0.15, 0.2) is 12.4 Å². The van der Waals surface area contributed by atoms with Crippen molar-refractivity contribution in [2.24, 2.45) is 0 Å². The number of rotatable bonds is 4. The van der Waals surface area contributed by atoms with E-state index in [0.29, 0.717) is 13.1 Å². The fourth-order valence-electron chi connectivity index (χ4n) is 2.58. The molecule has 2 rings (SSSR count). The number of aromatic nitrogens is 2. The van der Waals surface area contributed by atoms with Crippen LogP contribution in [0.3, 0.4) is 0 Å². The zero-order chi connectivity index (χ0) is 15.5. The van der Waals surface area contributed by atoms with Gasteiger partial charge in [-0.2, -0.15) is 13.2 Å². The predicted molar refractivity (Wildman–Crippen MR) is 70.7 cm³/mol. The van der Waals surface area contributed by atoms with Crippen molar-refractivity contribution in [2.75, 3.05) is 19.6 Å². The number of nitrogens with zero attached hydrogens (tertiary/aromatic N) is 2. The normalized spacial score (nSPS) is 22.0. The summed E-state index contributed by atoms with van der Waals surface area (Å²) in [6.07, 6.45) is 0.888. The number of imidazole rings is 1. The Morgan fingerprint density at radius 2 is 2.38 bits per heavy atom. The lowest BCUT2D eigenvalue weighted by Crippen LogP contribution is -2.50. The second-order valence-electron chi connectivity index (χ2n) is 5.32. The molecular formula is C13H19F3N4O. The summed E-state index contributed by atoms with van der Waals surface area (Å²) in [4.78, 5) is 21.0. The van der Waals surface area contributed by atoms with Crippen LogP contribution in [-0.4, -0.2) is 52.6 Å². The number of alkyl halides is 3. The fraction of sp³-hybridized carbons (Fsp3) is 0.692. The molecule has 0 aromatic carbocycles. The molecule has 118 valence electrons. The second-order valence-corrected chi connectivity index (χ2v) is 5.32. The van der Waals surface area contributed by atoms with Crippen LogP contribution in [0.25, 0.3) is 0 Å². The maximum absolute atomic E-state index is 12.1. The number of aromatic amines is 1. The summed E-state index contributed by atoms with van der Waals surface area (Å²) in [6.45, 7) is 1.67. The third-order valence-corrected chi connectivity index (χ3v) is 3.75. The number of likely N-dealkylation sites (tertiary alicyclic amines) is 1. The van der Waals surface area contributed by atoms with E-state index < -0.39 is 24.7 Å². The molecule has 2 atom stereocenters. The van der Waals surface area contributed by atoms with Gasteiger partial charge in [-0.25, -0.2) is 4.98 Å². The Morgan fingerprint density at radius 1 is 1.62 bits per heavy atom. The van der Waals surface area contributed by atoms with Gasteiger partial charge in [0.2, 0.25) is 5.91 Å². The van der Waals surface area contributed by atoms with Gasteiger partial charge in [-0.1, -0.05) is 0 Å². The van der Waals surface area contributed by atoms with E-state index >= 15 is 0 Å². The van der Waals surface area contributed by atoms with Crippen LogP contribution >= 0.6 is 0 Å². The number of carbonyl (C=O) groups excluding carboxylic acids is 1. The number of hydrogen-bond donors (Lipinski definition) is 2. The molecule has 2 N–H and O–H groups in total. The van der Waals surface area contributed by atoms with E-state index in [-0.39, 0.29) is 5.92 Å². The highest BCUT2D eigenvalue weighted by Crippen LogP contribution is 2.25. The molecule has 8 heteroatoms. The second kappa shape index (κ2) is 6.46. The zero-order valence-electron chi connectivity index (χ0n) is 11.8. The number of nitrogens with one attached hydrogen (secondary N) is 2. The number of H-pyrrole nitrogens is 1. The molecule has 21 heavy (non-hydrogen) atoms. The predicted octanol–water partition coefficient (Wildman–Crippen LogP) is 1.66. The van der Waals surface area contributed by atoms with Gasteiger partial charge in [0.1, 0.15) is 12.4 Å². The largest absolute Gasteiger partial charge is 0.405 e. The number of carbonyl (C=O) groups is 1. The van der Waals surface area contributed by atoms with E-state index in [1.165, 1.54) is 0 Å². The van der Waals surface area contributed by atoms with Crippen LogP contribution in [0.2, 0.25) is 0 Å². The number of amides is 1. The summed E-state index contributed by atoms with van der Waals surface area (Å²) in [6, 6.07) is -0.579. The summed E-state index contributed by atoms with van der Waals surface area (Å²) in [5.41, 5.74) is 0. The Morgan fingerprint density at radius 3 is 3.00 bits per heavy atom. The summed E-state index contributed by atoms with van der Waals surface area (Å²) in [5, 5.41) is 1.94. The van der Waals surface area contributed by atoms with Crippen molar-refractivity contribution in [3.63, 3.8) is 0 Å². The topological polar surface area (TPSA) is 61.0 Å². The van der Waals surface area contributed by atoms with E-state index in [2.05, 4.69) is 9.97 Å². The van der Waals surface area contributed by atoms with Gasteiger partial charge in [-0.05, 0) is 26.3 Å². The molecule has 1 aliphatic rings. The maximum Gasteiger partial charge on any atom is 0.405 e. The molecule has 1 aromatic rings. The molecule has 0 saturated carbocycles. The molecule has 1 aromatic heterocycles. The Hall–Kier alpha value is -1.57. The van der Waals surface area contributed by atoms with Gasteiger partial charge in [0.15, 0.2) is 0 Å². The molecule has 1 amide bonds. The highest BCUT2D eigenvalue weighted by atomic mass is 19.4. The van der Waals surface area contributed by atoms with Crippen molar-refractivity contribution in [1.29, 1.82) is 0 Å². The average Bonchev–Trinajstić information content (AvgIpc) is 2.97. The Labute approximate surface area is 120 Å². The Kier molecular flexibility index (Phi) is 4.87. The molecule has 0 radical (unpaired) electrons. The number of halogens is 3. The summed E-state index contributed by atoms with van der Waals surface area (Å²) < 4.78 is 36.4. The lowest BCUT2D eigenvalue weighted by Gasteiger charge is -2.35. The van der Waals surface area contributed by atoms with Gasteiger partial charge in [0.25, 0.3) is 0 Å². The van der Waals surface area contributed by atoms with Gasteiger partial charge in [0, 0.05) is 24.9 Å². The van der Waals surface area contributed by atoms with Crippen molar-refractivity contribution in [3.05, 3.63) is 18.2 Å². The number of piperidine rings is 1. The molecule has 1 aliphatic heterocycles. The van der Waals surface area contributed by atoms with E-state index in [9.17, 15) is 18.0 Å². The maximum atomic E-state index is 12.1. The first-order valence-corrected chi connectivity index (χ1v) is 6.94. The van der Waals surface area contributed by atoms with Crippen LogP contribution in [0.1, 0.15) is 31.5 Å². The smallest absolute Gasteiger partial charge is 0.348 e. The lowest BCUT2D eigenvalue weighted by atomic mass is 9.96. The Bertz CT molecular complexity index is 460. The monoisotopic (exact) mass is 304 g/mol. The van der Waals surface area contributed by atoms with E-state index in [0.717, 1.165) is 18.7 Å².